The monoisotopic (exact) mass is 327 g/mol. The minimum Gasteiger partial charge on any atom is -0.382 e. The van der Waals surface area contributed by atoms with E-state index in [1.165, 1.54) is 10.7 Å². The summed E-state index contributed by atoms with van der Waals surface area (Å²) in [5, 5.41) is 4.22. The van der Waals surface area contributed by atoms with Crippen molar-refractivity contribution in [3.63, 3.8) is 0 Å². The maximum Gasteiger partial charge on any atom is 0.152 e. The largest absolute Gasteiger partial charge is 0.382 e. The molecule has 0 spiro atoms. The molecule has 6 heteroatoms. The molecule has 0 atom stereocenters. The van der Waals surface area contributed by atoms with Gasteiger partial charge in [0.25, 0.3) is 0 Å². The van der Waals surface area contributed by atoms with Gasteiger partial charge in [-0.15, -0.1) is 0 Å². The predicted octanol–water partition coefficient (Wildman–Crippen LogP) is 3.37. The second-order valence-electron chi connectivity index (χ2n) is 4.65. The first-order valence-electron chi connectivity index (χ1n) is 6.09. The van der Waals surface area contributed by atoms with Crippen LogP contribution in [-0.4, -0.2) is 9.78 Å². The molecule has 1 heterocycles. The molecule has 2 aromatic rings. The van der Waals surface area contributed by atoms with Crippen molar-refractivity contribution in [1.29, 1.82) is 0 Å². The molecule has 100 valence electrons. The van der Waals surface area contributed by atoms with Gasteiger partial charge in [-0.2, -0.15) is 5.10 Å². The number of nitrogens with zero attached hydrogens (tertiary/aromatic N) is 2. The Morgan fingerprint density at radius 3 is 2.68 bits per heavy atom. The highest BCUT2D eigenvalue weighted by atomic mass is 79.9. The molecule has 0 radical (unpaired) electrons. The van der Waals surface area contributed by atoms with E-state index in [0.717, 1.165) is 43.0 Å². The molecule has 0 saturated carbocycles. The fourth-order valence-electron chi connectivity index (χ4n) is 2.55. The lowest BCUT2D eigenvalue weighted by molar-refractivity contribution is 0.566. The quantitative estimate of drug-likeness (QED) is 0.872. The molecule has 0 bridgehead atoms. The summed E-state index contributed by atoms with van der Waals surface area (Å²) in [4.78, 5) is 0. The second kappa shape index (κ2) is 4.59. The Hall–Kier alpha value is -1.43. The molecular formula is C13H12BrF2N3. The molecule has 0 aliphatic heterocycles. The van der Waals surface area contributed by atoms with E-state index in [-0.39, 0.29) is 5.69 Å². The lowest BCUT2D eigenvalue weighted by Crippen LogP contribution is -2.10. The summed E-state index contributed by atoms with van der Waals surface area (Å²) in [7, 11) is 0. The number of hydrogen-bond acceptors (Lipinski definition) is 2. The predicted molar refractivity (Wildman–Crippen MR) is 72.2 cm³/mol. The maximum absolute atomic E-state index is 14.0. The Morgan fingerprint density at radius 2 is 1.95 bits per heavy atom. The van der Waals surface area contributed by atoms with Crippen LogP contribution in [0.1, 0.15) is 24.1 Å². The van der Waals surface area contributed by atoms with E-state index in [2.05, 4.69) is 21.0 Å². The zero-order valence-electron chi connectivity index (χ0n) is 10.1. The molecular weight excluding hydrogens is 316 g/mol. The minimum absolute atomic E-state index is 0.219. The first kappa shape index (κ1) is 12.6. The van der Waals surface area contributed by atoms with Crippen LogP contribution in [0.3, 0.4) is 0 Å². The van der Waals surface area contributed by atoms with Crippen LogP contribution >= 0.6 is 15.9 Å². The molecule has 3 nitrogen and oxygen atoms in total. The van der Waals surface area contributed by atoms with Gasteiger partial charge < -0.3 is 5.73 Å². The standard InChI is InChI=1S/C13H12BrF2N3/c14-9-5-7(15)6-10(16)12(9)19-11-4-2-1-3-8(11)13(17)18-19/h5-6H,1-4H2,(H2,17,18). The van der Waals surface area contributed by atoms with Gasteiger partial charge in [-0.3, -0.25) is 0 Å². The summed E-state index contributed by atoms with van der Waals surface area (Å²) in [5.41, 5.74) is 8.02. The molecule has 1 aliphatic rings. The van der Waals surface area contributed by atoms with E-state index < -0.39 is 11.6 Å². The number of halogens is 3. The number of benzene rings is 1. The van der Waals surface area contributed by atoms with Crippen molar-refractivity contribution >= 4 is 21.7 Å². The first-order valence-corrected chi connectivity index (χ1v) is 6.88. The number of aromatic nitrogens is 2. The topological polar surface area (TPSA) is 43.8 Å². The fraction of sp³-hybridized carbons (Fsp3) is 0.308. The molecule has 0 amide bonds. The summed E-state index contributed by atoms with van der Waals surface area (Å²) >= 11 is 3.19. The average molecular weight is 328 g/mol. The number of anilines is 1. The van der Waals surface area contributed by atoms with E-state index in [1.54, 1.807) is 0 Å². The lowest BCUT2D eigenvalue weighted by Gasteiger charge is -2.15. The Labute approximate surface area is 117 Å². The molecule has 1 aliphatic carbocycles. The molecule has 0 fully saturated rings. The van der Waals surface area contributed by atoms with Crippen molar-refractivity contribution in [3.05, 3.63) is 39.5 Å². The number of fused-ring (bicyclic) bond motifs is 1. The van der Waals surface area contributed by atoms with Crippen LogP contribution in [0.2, 0.25) is 0 Å². The number of nitrogens with two attached hydrogens (primary N) is 1. The zero-order valence-corrected chi connectivity index (χ0v) is 11.7. The molecule has 2 N–H and O–H groups in total. The first-order chi connectivity index (χ1) is 9.08. The van der Waals surface area contributed by atoms with Crippen molar-refractivity contribution in [3.8, 4) is 5.69 Å². The van der Waals surface area contributed by atoms with Crippen molar-refractivity contribution in [2.24, 2.45) is 0 Å². The fourth-order valence-corrected chi connectivity index (χ4v) is 3.13. The van der Waals surface area contributed by atoms with Crippen LogP contribution in [0.25, 0.3) is 5.69 Å². The van der Waals surface area contributed by atoms with Crippen molar-refractivity contribution < 1.29 is 8.78 Å². The smallest absolute Gasteiger partial charge is 0.152 e. The molecule has 0 unspecified atom stereocenters. The van der Waals surface area contributed by atoms with E-state index in [4.69, 9.17) is 5.73 Å². The lowest BCUT2D eigenvalue weighted by atomic mass is 9.97. The average Bonchev–Trinajstić information content (AvgIpc) is 2.67. The van der Waals surface area contributed by atoms with E-state index in [1.807, 2.05) is 0 Å². The van der Waals surface area contributed by atoms with Gasteiger partial charge in [-0.05, 0) is 47.7 Å². The van der Waals surface area contributed by atoms with Gasteiger partial charge in [0.2, 0.25) is 0 Å². The van der Waals surface area contributed by atoms with Crippen molar-refractivity contribution in [2.75, 3.05) is 5.73 Å². The summed E-state index contributed by atoms with van der Waals surface area (Å²) in [5.74, 6) is -0.838. The maximum atomic E-state index is 14.0. The van der Waals surface area contributed by atoms with Crippen molar-refractivity contribution in [2.45, 2.75) is 25.7 Å². The molecule has 1 aromatic heterocycles. The summed E-state index contributed by atoms with van der Waals surface area (Å²) < 4.78 is 29.0. The van der Waals surface area contributed by atoms with E-state index >= 15 is 0 Å². The second-order valence-corrected chi connectivity index (χ2v) is 5.50. The van der Waals surface area contributed by atoms with Gasteiger partial charge in [0, 0.05) is 21.8 Å². The van der Waals surface area contributed by atoms with Crippen LogP contribution < -0.4 is 5.73 Å². The Morgan fingerprint density at radius 1 is 1.21 bits per heavy atom. The third-order valence-corrected chi connectivity index (χ3v) is 4.01. The highest BCUT2D eigenvalue weighted by molar-refractivity contribution is 9.10. The van der Waals surface area contributed by atoms with Gasteiger partial charge in [0.05, 0.1) is 0 Å². The SMILES string of the molecule is Nc1nn(-c2c(F)cc(F)cc2Br)c2c1CCCC2. The van der Waals surface area contributed by atoms with E-state index in [9.17, 15) is 8.78 Å². The molecule has 3 rings (SSSR count). The van der Waals surface area contributed by atoms with Crippen LogP contribution in [0.4, 0.5) is 14.6 Å². The minimum atomic E-state index is -0.650. The highest BCUT2D eigenvalue weighted by Crippen LogP contribution is 2.32. The summed E-state index contributed by atoms with van der Waals surface area (Å²) in [6, 6.07) is 2.08. The third kappa shape index (κ3) is 2.04. The van der Waals surface area contributed by atoms with Gasteiger partial charge in [-0.1, -0.05) is 0 Å². The van der Waals surface area contributed by atoms with Crippen LogP contribution in [0.5, 0.6) is 0 Å². The van der Waals surface area contributed by atoms with Gasteiger partial charge >= 0.3 is 0 Å². The highest BCUT2D eigenvalue weighted by Gasteiger charge is 2.23. The third-order valence-electron chi connectivity index (χ3n) is 3.40. The number of rotatable bonds is 1. The van der Waals surface area contributed by atoms with E-state index in [0.29, 0.717) is 10.3 Å². The van der Waals surface area contributed by atoms with Gasteiger partial charge in [0.1, 0.15) is 17.3 Å². The Bertz CT molecular complexity index is 629. The van der Waals surface area contributed by atoms with Crippen LogP contribution in [0.15, 0.2) is 16.6 Å². The van der Waals surface area contributed by atoms with Crippen LogP contribution in [-0.2, 0) is 12.8 Å². The molecule has 1 aromatic carbocycles. The number of hydrogen-bond donors (Lipinski definition) is 1. The summed E-state index contributed by atoms with van der Waals surface area (Å²) in [6.45, 7) is 0. The molecule has 19 heavy (non-hydrogen) atoms. The Balaban J connectivity index is 2.23. The van der Waals surface area contributed by atoms with Gasteiger partial charge in [-0.25, -0.2) is 13.5 Å². The van der Waals surface area contributed by atoms with Crippen molar-refractivity contribution in [1.82, 2.24) is 9.78 Å². The van der Waals surface area contributed by atoms with Gasteiger partial charge in [0.15, 0.2) is 5.82 Å². The van der Waals surface area contributed by atoms with Crippen LogP contribution in [0, 0.1) is 11.6 Å². The summed E-state index contributed by atoms with van der Waals surface area (Å²) in [6.07, 6.45) is 3.76. The normalized spacial score (nSPS) is 14.5. The Kier molecular flexibility index (Phi) is 3.05. The number of nitrogen functional groups attached to an aromatic ring is 1. The molecule has 0 saturated heterocycles. The zero-order chi connectivity index (χ0) is 13.6.